The zero-order chi connectivity index (χ0) is 14.4. The van der Waals surface area contributed by atoms with Gasteiger partial charge in [-0.15, -0.1) is 0 Å². The number of pyridine rings is 1. The van der Waals surface area contributed by atoms with Crippen LogP contribution in [0.25, 0.3) is 22.2 Å². The Balaban J connectivity index is 1.91. The molecule has 0 spiro atoms. The maximum Gasteiger partial charge on any atom is 0.123 e. The summed E-state index contributed by atoms with van der Waals surface area (Å²) < 4.78 is 15.3. The zero-order valence-electron chi connectivity index (χ0n) is 12.1. The molecule has 0 fully saturated rings. The van der Waals surface area contributed by atoms with Crippen LogP contribution in [0, 0.1) is 5.82 Å². The van der Waals surface area contributed by atoms with Crippen LogP contribution in [0.3, 0.4) is 0 Å². The van der Waals surface area contributed by atoms with Crippen molar-refractivity contribution in [1.29, 1.82) is 0 Å². The Labute approximate surface area is 123 Å². The highest BCUT2D eigenvalue weighted by Crippen LogP contribution is 2.33. The lowest BCUT2D eigenvalue weighted by Gasteiger charge is -2.12. The second-order valence-corrected chi connectivity index (χ2v) is 5.78. The quantitative estimate of drug-likeness (QED) is 0.651. The van der Waals surface area contributed by atoms with E-state index in [0.717, 1.165) is 24.1 Å². The minimum Gasteiger partial charge on any atom is -0.346 e. The van der Waals surface area contributed by atoms with Gasteiger partial charge in [0.2, 0.25) is 0 Å². The summed E-state index contributed by atoms with van der Waals surface area (Å²) in [6.45, 7) is 0. The van der Waals surface area contributed by atoms with E-state index in [9.17, 15) is 4.39 Å². The molecule has 0 N–H and O–H groups in total. The molecule has 0 atom stereocenters. The molecular formula is C18H17FN2. The molecule has 0 unspecified atom stereocenters. The lowest BCUT2D eigenvalue weighted by Crippen LogP contribution is -2.04. The fraction of sp³-hybridized carbons (Fsp3) is 0.278. The Morgan fingerprint density at radius 3 is 2.67 bits per heavy atom. The summed E-state index contributed by atoms with van der Waals surface area (Å²) in [5.74, 6) is -0.211. The average Bonchev–Trinajstić information content (AvgIpc) is 2.81. The van der Waals surface area contributed by atoms with E-state index in [1.807, 2.05) is 6.20 Å². The van der Waals surface area contributed by atoms with Crippen molar-refractivity contribution < 1.29 is 4.39 Å². The SMILES string of the molecule is Cn1c2c(c3cc(-c4ccc(F)cc4)ncc31)CCCC2. The predicted octanol–water partition coefficient (Wildman–Crippen LogP) is 4.26. The van der Waals surface area contributed by atoms with Crippen LogP contribution in [-0.4, -0.2) is 9.55 Å². The van der Waals surface area contributed by atoms with E-state index in [1.54, 1.807) is 12.1 Å². The van der Waals surface area contributed by atoms with Crippen molar-refractivity contribution in [2.45, 2.75) is 25.7 Å². The molecule has 2 nitrogen and oxygen atoms in total. The summed E-state index contributed by atoms with van der Waals surface area (Å²) in [6, 6.07) is 8.72. The van der Waals surface area contributed by atoms with E-state index in [1.165, 1.54) is 47.1 Å². The normalized spacial score (nSPS) is 14.4. The van der Waals surface area contributed by atoms with Gasteiger partial charge in [-0.1, -0.05) is 0 Å². The Bertz CT molecular complexity index is 815. The third-order valence-electron chi connectivity index (χ3n) is 4.55. The zero-order valence-corrected chi connectivity index (χ0v) is 12.1. The molecule has 0 radical (unpaired) electrons. The van der Waals surface area contributed by atoms with E-state index >= 15 is 0 Å². The molecule has 1 aliphatic rings. The highest BCUT2D eigenvalue weighted by atomic mass is 19.1. The third-order valence-corrected chi connectivity index (χ3v) is 4.55. The molecule has 0 saturated heterocycles. The van der Waals surface area contributed by atoms with E-state index in [-0.39, 0.29) is 5.82 Å². The second kappa shape index (κ2) is 4.69. The Hall–Kier alpha value is -2.16. The number of fused-ring (bicyclic) bond motifs is 3. The number of aryl methyl sites for hydroxylation is 2. The Kier molecular flexibility index (Phi) is 2.81. The second-order valence-electron chi connectivity index (χ2n) is 5.78. The van der Waals surface area contributed by atoms with Gasteiger partial charge in [-0.3, -0.25) is 4.98 Å². The van der Waals surface area contributed by atoms with Crippen molar-refractivity contribution in [3.63, 3.8) is 0 Å². The first-order valence-electron chi connectivity index (χ1n) is 7.46. The van der Waals surface area contributed by atoms with Crippen LogP contribution >= 0.6 is 0 Å². The topological polar surface area (TPSA) is 17.8 Å². The van der Waals surface area contributed by atoms with Crippen molar-refractivity contribution in [2.75, 3.05) is 0 Å². The van der Waals surface area contributed by atoms with Gasteiger partial charge in [-0.05, 0) is 61.6 Å². The smallest absolute Gasteiger partial charge is 0.123 e. The highest BCUT2D eigenvalue weighted by Gasteiger charge is 2.18. The Morgan fingerprint density at radius 1 is 1.10 bits per heavy atom. The molecule has 21 heavy (non-hydrogen) atoms. The number of benzene rings is 1. The molecule has 0 amide bonds. The van der Waals surface area contributed by atoms with E-state index in [0.29, 0.717) is 0 Å². The molecule has 0 saturated carbocycles. The van der Waals surface area contributed by atoms with Gasteiger partial charge in [0.15, 0.2) is 0 Å². The molecule has 3 heteroatoms. The number of halogens is 1. The molecular weight excluding hydrogens is 263 g/mol. The molecule has 0 aliphatic heterocycles. The first kappa shape index (κ1) is 12.6. The summed E-state index contributed by atoms with van der Waals surface area (Å²) in [5, 5.41) is 1.31. The van der Waals surface area contributed by atoms with E-state index < -0.39 is 0 Å². The van der Waals surface area contributed by atoms with Crippen molar-refractivity contribution >= 4 is 10.9 Å². The molecule has 0 bridgehead atoms. The number of aromatic nitrogens is 2. The van der Waals surface area contributed by atoms with Gasteiger partial charge >= 0.3 is 0 Å². The molecule has 2 aromatic heterocycles. The van der Waals surface area contributed by atoms with E-state index in [2.05, 4.69) is 22.7 Å². The summed E-state index contributed by atoms with van der Waals surface area (Å²) in [7, 11) is 2.13. The summed E-state index contributed by atoms with van der Waals surface area (Å²) in [4.78, 5) is 4.57. The fourth-order valence-electron chi connectivity index (χ4n) is 3.43. The molecule has 106 valence electrons. The summed E-state index contributed by atoms with van der Waals surface area (Å²) >= 11 is 0. The van der Waals surface area contributed by atoms with Gasteiger partial charge in [-0.25, -0.2) is 4.39 Å². The third kappa shape index (κ3) is 1.96. The Morgan fingerprint density at radius 2 is 1.86 bits per heavy atom. The van der Waals surface area contributed by atoms with Crippen LogP contribution < -0.4 is 0 Å². The standard InChI is InChI=1S/C18H17FN2/c1-21-17-5-3-2-4-14(17)15-10-16(20-11-18(15)21)12-6-8-13(19)9-7-12/h6-11H,2-5H2,1H3. The highest BCUT2D eigenvalue weighted by molar-refractivity contribution is 5.88. The minimum absolute atomic E-state index is 0.211. The maximum atomic E-state index is 13.1. The molecule has 4 rings (SSSR count). The summed E-state index contributed by atoms with van der Waals surface area (Å²) in [5.41, 5.74) is 6.01. The minimum atomic E-state index is -0.211. The number of hydrogen-bond donors (Lipinski definition) is 0. The van der Waals surface area contributed by atoms with Crippen molar-refractivity contribution in [1.82, 2.24) is 9.55 Å². The van der Waals surface area contributed by atoms with Gasteiger partial charge < -0.3 is 4.57 Å². The van der Waals surface area contributed by atoms with Gasteiger partial charge in [0, 0.05) is 23.7 Å². The van der Waals surface area contributed by atoms with Crippen LogP contribution in [0.5, 0.6) is 0 Å². The van der Waals surface area contributed by atoms with E-state index in [4.69, 9.17) is 0 Å². The van der Waals surface area contributed by atoms with Crippen molar-refractivity contribution in [3.05, 3.63) is 53.6 Å². The number of rotatable bonds is 1. The molecule has 1 aromatic carbocycles. The van der Waals surface area contributed by atoms with Gasteiger partial charge in [0.25, 0.3) is 0 Å². The maximum absolute atomic E-state index is 13.1. The van der Waals surface area contributed by atoms with Crippen LogP contribution in [0.4, 0.5) is 4.39 Å². The predicted molar refractivity (Wildman–Crippen MR) is 82.8 cm³/mol. The van der Waals surface area contributed by atoms with Gasteiger partial charge in [0.1, 0.15) is 5.82 Å². The average molecular weight is 280 g/mol. The van der Waals surface area contributed by atoms with Crippen LogP contribution in [0.15, 0.2) is 36.5 Å². The van der Waals surface area contributed by atoms with Crippen molar-refractivity contribution in [3.8, 4) is 11.3 Å². The molecule has 3 aromatic rings. The monoisotopic (exact) mass is 280 g/mol. The molecule has 2 heterocycles. The lowest BCUT2D eigenvalue weighted by molar-refractivity contribution is 0.628. The van der Waals surface area contributed by atoms with Crippen LogP contribution in [0.1, 0.15) is 24.1 Å². The van der Waals surface area contributed by atoms with Crippen LogP contribution in [-0.2, 0) is 19.9 Å². The fourth-order valence-corrected chi connectivity index (χ4v) is 3.43. The summed E-state index contributed by atoms with van der Waals surface area (Å²) in [6.07, 6.45) is 6.80. The number of nitrogens with zero attached hydrogens (tertiary/aromatic N) is 2. The molecule has 1 aliphatic carbocycles. The van der Waals surface area contributed by atoms with Crippen molar-refractivity contribution in [2.24, 2.45) is 7.05 Å². The number of hydrogen-bond acceptors (Lipinski definition) is 1. The first-order valence-corrected chi connectivity index (χ1v) is 7.46. The largest absolute Gasteiger partial charge is 0.346 e. The van der Waals surface area contributed by atoms with Gasteiger partial charge in [0.05, 0.1) is 17.4 Å². The lowest BCUT2D eigenvalue weighted by atomic mass is 9.95. The first-order chi connectivity index (χ1) is 10.2. The van der Waals surface area contributed by atoms with Crippen LogP contribution in [0.2, 0.25) is 0 Å². The van der Waals surface area contributed by atoms with Gasteiger partial charge in [-0.2, -0.15) is 0 Å².